The van der Waals surface area contributed by atoms with Gasteiger partial charge in [-0.2, -0.15) is 0 Å². The van der Waals surface area contributed by atoms with Crippen LogP contribution < -0.4 is 4.90 Å². The van der Waals surface area contributed by atoms with E-state index in [-0.39, 0.29) is 29.6 Å². The maximum absolute atomic E-state index is 14.3. The van der Waals surface area contributed by atoms with Gasteiger partial charge in [-0.15, -0.1) is 0 Å². The molecule has 2 amide bonds. The van der Waals surface area contributed by atoms with E-state index in [2.05, 4.69) is 55.5 Å². The summed E-state index contributed by atoms with van der Waals surface area (Å²) in [6.07, 6.45) is 0.775. The minimum Gasteiger partial charge on any atom is -0.274 e. The summed E-state index contributed by atoms with van der Waals surface area (Å²) in [6, 6.07) is 30.8. The third kappa shape index (κ3) is 2.11. The largest absolute Gasteiger partial charge is 0.274 e. The van der Waals surface area contributed by atoms with Crippen LogP contribution in [0.25, 0.3) is 10.8 Å². The fraction of sp³-hybridized carbons (Fsp3) is 0.200. The number of carbonyl (C=O) groups excluding carboxylic acids is 2. The van der Waals surface area contributed by atoms with Crippen LogP contribution in [0.3, 0.4) is 0 Å². The van der Waals surface area contributed by atoms with E-state index >= 15 is 0 Å². The van der Waals surface area contributed by atoms with Crippen LogP contribution in [0.4, 0.5) is 5.69 Å². The molecule has 1 aliphatic heterocycles. The highest BCUT2D eigenvalue weighted by Crippen LogP contribution is 2.65. The molecule has 2 bridgehead atoms. The van der Waals surface area contributed by atoms with Crippen molar-refractivity contribution in [2.75, 3.05) is 4.90 Å². The Bertz CT molecular complexity index is 1430. The summed E-state index contributed by atoms with van der Waals surface area (Å²) < 4.78 is 0. The molecular formula is C30H23NO2. The highest BCUT2D eigenvalue weighted by molar-refractivity contribution is 6.26. The van der Waals surface area contributed by atoms with Crippen LogP contribution in [0.5, 0.6) is 0 Å². The van der Waals surface area contributed by atoms with Gasteiger partial charge in [-0.25, -0.2) is 4.90 Å². The fourth-order valence-corrected chi connectivity index (χ4v) is 7.17. The number of carbonyl (C=O) groups is 2. The molecule has 2 atom stereocenters. The molecule has 4 aromatic rings. The predicted octanol–water partition coefficient (Wildman–Crippen LogP) is 5.80. The van der Waals surface area contributed by atoms with E-state index in [0.717, 1.165) is 17.2 Å². The van der Waals surface area contributed by atoms with E-state index in [1.54, 1.807) is 0 Å². The predicted molar refractivity (Wildman–Crippen MR) is 129 cm³/mol. The number of imide groups is 1. The SMILES string of the molecule is CCC12c3ccccc3C(c3ccccc31)[C@@H]1C(=O)N(c3cccc4ccccc34)C(=O)[C@@H]12. The Morgan fingerprint density at radius 1 is 0.727 bits per heavy atom. The van der Waals surface area contributed by atoms with Crippen LogP contribution in [0, 0.1) is 11.8 Å². The molecule has 0 radical (unpaired) electrons. The number of nitrogens with zero attached hydrogens (tertiary/aromatic N) is 1. The lowest BCUT2D eigenvalue weighted by molar-refractivity contribution is -0.123. The molecule has 1 saturated heterocycles. The van der Waals surface area contributed by atoms with Crippen molar-refractivity contribution in [2.45, 2.75) is 24.7 Å². The second-order valence-electron chi connectivity index (χ2n) is 9.49. The first-order valence-corrected chi connectivity index (χ1v) is 11.7. The van der Waals surface area contributed by atoms with Crippen molar-refractivity contribution in [2.24, 2.45) is 11.8 Å². The number of benzene rings is 4. The van der Waals surface area contributed by atoms with Gasteiger partial charge < -0.3 is 0 Å². The summed E-state index contributed by atoms with van der Waals surface area (Å²) in [7, 11) is 0. The second kappa shape index (κ2) is 6.41. The van der Waals surface area contributed by atoms with E-state index in [9.17, 15) is 9.59 Å². The van der Waals surface area contributed by atoms with Gasteiger partial charge >= 0.3 is 0 Å². The normalized spacial score (nSPS) is 26.9. The van der Waals surface area contributed by atoms with Crippen LogP contribution in [0.15, 0.2) is 91.0 Å². The van der Waals surface area contributed by atoms with Gasteiger partial charge in [0.2, 0.25) is 11.8 Å². The maximum Gasteiger partial charge on any atom is 0.238 e. The molecule has 160 valence electrons. The zero-order valence-corrected chi connectivity index (χ0v) is 18.4. The molecular weight excluding hydrogens is 406 g/mol. The van der Waals surface area contributed by atoms with E-state index < -0.39 is 5.41 Å². The zero-order chi connectivity index (χ0) is 22.3. The zero-order valence-electron chi connectivity index (χ0n) is 18.4. The molecule has 4 aromatic carbocycles. The molecule has 0 unspecified atom stereocenters. The number of fused-ring (bicyclic) bond motifs is 1. The van der Waals surface area contributed by atoms with Crippen molar-refractivity contribution in [3.63, 3.8) is 0 Å². The lowest BCUT2D eigenvalue weighted by atomic mass is 9.46. The fourth-order valence-electron chi connectivity index (χ4n) is 7.17. The molecule has 0 saturated carbocycles. The van der Waals surface area contributed by atoms with E-state index in [0.29, 0.717) is 5.69 Å². The number of hydrogen-bond donors (Lipinski definition) is 0. The van der Waals surface area contributed by atoms with Crippen LogP contribution >= 0.6 is 0 Å². The summed E-state index contributed by atoms with van der Waals surface area (Å²) in [6.45, 7) is 2.16. The van der Waals surface area contributed by atoms with E-state index in [4.69, 9.17) is 0 Å². The molecule has 8 rings (SSSR count). The molecule has 0 spiro atoms. The Morgan fingerprint density at radius 3 is 2.03 bits per heavy atom. The minimum atomic E-state index is -0.487. The first kappa shape index (κ1) is 18.8. The summed E-state index contributed by atoms with van der Waals surface area (Å²) in [5, 5.41) is 1.97. The van der Waals surface area contributed by atoms with Crippen LogP contribution in [-0.4, -0.2) is 11.8 Å². The third-order valence-electron chi connectivity index (χ3n) is 8.36. The molecule has 33 heavy (non-hydrogen) atoms. The molecule has 4 aliphatic rings. The monoisotopic (exact) mass is 429 g/mol. The Labute approximate surface area is 192 Å². The Balaban J connectivity index is 1.52. The molecule has 3 heteroatoms. The summed E-state index contributed by atoms with van der Waals surface area (Å²) in [5.74, 6) is -0.970. The van der Waals surface area contributed by atoms with Crippen molar-refractivity contribution in [3.05, 3.63) is 113 Å². The standard InChI is InChI=1S/C30H23NO2/c1-2-30-22-15-7-5-13-20(22)25(21-14-6-8-16-23(21)30)26-27(30)29(33)31(28(26)32)24-17-9-11-18-10-3-4-12-19(18)24/h3-17,25-27H,2H2,1H3/t25?,26-,27+,30?/m0/s1. The van der Waals surface area contributed by atoms with Gasteiger partial charge in [0.05, 0.1) is 17.5 Å². The number of rotatable bonds is 2. The number of anilines is 1. The first-order valence-electron chi connectivity index (χ1n) is 11.7. The smallest absolute Gasteiger partial charge is 0.238 e. The maximum atomic E-state index is 14.3. The Hall–Kier alpha value is -3.72. The van der Waals surface area contributed by atoms with Gasteiger partial charge in [0.15, 0.2) is 0 Å². The Morgan fingerprint density at radius 2 is 1.33 bits per heavy atom. The Kier molecular flexibility index (Phi) is 3.66. The van der Waals surface area contributed by atoms with Gasteiger partial charge in [-0.3, -0.25) is 9.59 Å². The van der Waals surface area contributed by atoms with Gasteiger partial charge in [0, 0.05) is 16.7 Å². The van der Waals surface area contributed by atoms with Crippen molar-refractivity contribution in [3.8, 4) is 0 Å². The third-order valence-corrected chi connectivity index (χ3v) is 8.36. The second-order valence-corrected chi connectivity index (χ2v) is 9.49. The average molecular weight is 430 g/mol. The quantitative estimate of drug-likeness (QED) is 0.378. The van der Waals surface area contributed by atoms with Gasteiger partial charge in [0.1, 0.15) is 0 Å². The van der Waals surface area contributed by atoms with Gasteiger partial charge in [-0.05, 0) is 40.1 Å². The van der Waals surface area contributed by atoms with Gasteiger partial charge in [0.25, 0.3) is 0 Å². The highest BCUT2D eigenvalue weighted by atomic mass is 16.2. The minimum absolute atomic E-state index is 0.0581. The van der Waals surface area contributed by atoms with E-state index in [1.807, 2.05) is 42.5 Å². The highest BCUT2D eigenvalue weighted by Gasteiger charge is 2.67. The lowest BCUT2D eigenvalue weighted by Crippen LogP contribution is -2.53. The lowest BCUT2D eigenvalue weighted by Gasteiger charge is -2.54. The van der Waals surface area contributed by atoms with Crippen LogP contribution in [0.1, 0.15) is 41.5 Å². The summed E-state index contributed by atoms with van der Waals surface area (Å²) in [4.78, 5) is 29.9. The number of hydrogen-bond acceptors (Lipinski definition) is 2. The van der Waals surface area contributed by atoms with E-state index in [1.165, 1.54) is 27.2 Å². The first-order chi connectivity index (χ1) is 16.2. The van der Waals surface area contributed by atoms with Crippen molar-refractivity contribution in [1.82, 2.24) is 0 Å². The molecule has 1 fully saturated rings. The van der Waals surface area contributed by atoms with Crippen molar-refractivity contribution in [1.29, 1.82) is 0 Å². The van der Waals surface area contributed by atoms with Crippen LogP contribution in [0.2, 0.25) is 0 Å². The van der Waals surface area contributed by atoms with Crippen molar-refractivity contribution < 1.29 is 9.59 Å². The summed E-state index contributed by atoms with van der Waals surface area (Å²) in [5.41, 5.74) is 5.08. The van der Waals surface area contributed by atoms with Crippen LogP contribution in [-0.2, 0) is 15.0 Å². The molecule has 3 nitrogen and oxygen atoms in total. The van der Waals surface area contributed by atoms with Gasteiger partial charge in [-0.1, -0.05) is 91.9 Å². The summed E-state index contributed by atoms with van der Waals surface area (Å²) >= 11 is 0. The topological polar surface area (TPSA) is 37.4 Å². The molecule has 0 N–H and O–H groups in total. The average Bonchev–Trinajstić information content (AvgIpc) is 3.14. The molecule has 3 aliphatic carbocycles. The number of amides is 2. The molecule has 1 heterocycles. The van der Waals surface area contributed by atoms with Crippen molar-refractivity contribution >= 4 is 28.3 Å². The molecule has 0 aromatic heterocycles.